The van der Waals surface area contributed by atoms with Crippen LogP contribution in [0.15, 0.2) is 42.6 Å². The molecule has 4 atom stereocenters. The molecular formula is C26H30ClN3O4. The van der Waals surface area contributed by atoms with Crippen LogP contribution in [0.1, 0.15) is 63.5 Å². The van der Waals surface area contributed by atoms with Crippen molar-refractivity contribution in [2.45, 2.75) is 57.8 Å². The number of nitrogens with zero attached hydrogens (tertiary/aromatic N) is 1. The summed E-state index contributed by atoms with van der Waals surface area (Å²) >= 11 is 5.95. The first kappa shape index (κ1) is 24.2. The Kier molecular flexibility index (Phi) is 7.22. The van der Waals surface area contributed by atoms with Gasteiger partial charge in [-0.3, -0.25) is 14.6 Å². The number of benzene rings is 1. The number of carboxylic acids is 1. The first-order chi connectivity index (χ1) is 16.3. The maximum atomic E-state index is 13.3. The number of carbonyl (C=O) groups excluding carboxylic acids is 2. The van der Waals surface area contributed by atoms with Gasteiger partial charge in [-0.25, -0.2) is 4.79 Å². The lowest BCUT2D eigenvalue weighted by Crippen LogP contribution is -2.46. The van der Waals surface area contributed by atoms with Crippen molar-refractivity contribution in [1.29, 1.82) is 0 Å². The largest absolute Gasteiger partial charge is 0.481 e. The van der Waals surface area contributed by atoms with Crippen molar-refractivity contribution in [1.82, 2.24) is 4.98 Å². The number of halogens is 1. The first-order valence-electron chi connectivity index (χ1n) is 11.9. The summed E-state index contributed by atoms with van der Waals surface area (Å²) < 4.78 is 0. The molecule has 7 nitrogen and oxygen atoms in total. The van der Waals surface area contributed by atoms with Crippen molar-refractivity contribution in [2.24, 2.45) is 17.3 Å². The zero-order valence-electron chi connectivity index (χ0n) is 19.2. The molecule has 180 valence electrons. The molecule has 2 aliphatic carbocycles. The molecule has 1 aromatic heterocycles. The highest BCUT2D eigenvalue weighted by molar-refractivity contribution is 6.30. The van der Waals surface area contributed by atoms with Crippen LogP contribution in [0.2, 0.25) is 5.02 Å². The Morgan fingerprint density at radius 1 is 1.15 bits per heavy atom. The molecule has 4 rings (SSSR count). The van der Waals surface area contributed by atoms with Crippen molar-refractivity contribution in [2.75, 3.05) is 10.6 Å². The van der Waals surface area contributed by atoms with E-state index >= 15 is 0 Å². The van der Waals surface area contributed by atoms with Crippen LogP contribution < -0.4 is 10.6 Å². The SMILES string of the molecule is CC[C@@]1(CC(=O)O)CCC2CC(c3ccc(NC(=O)Nc4cccc(Cl)c4)cn3)CCC2C1=O. The minimum Gasteiger partial charge on any atom is -0.481 e. The number of anilines is 2. The summed E-state index contributed by atoms with van der Waals surface area (Å²) in [4.78, 5) is 41.5. The number of carboxylic acid groups (broad SMARTS) is 1. The fourth-order valence-electron chi connectivity index (χ4n) is 5.70. The van der Waals surface area contributed by atoms with Gasteiger partial charge in [-0.05, 0) is 74.8 Å². The minimum absolute atomic E-state index is 0.0413. The van der Waals surface area contributed by atoms with Gasteiger partial charge < -0.3 is 15.7 Å². The smallest absolute Gasteiger partial charge is 0.323 e. The molecule has 34 heavy (non-hydrogen) atoms. The average molecular weight is 484 g/mol. The van der Waals surface area contributed by atoms with Crippen LogP contribution in [0.4, 0.5) is 16.2 Å². The Bertz CT molecular complexity index is 1070. The van der Waals surface area contributed by atoms with Crippen molar-refractivity contribution in [3.63, 3.8) is 0 Å². The fourth-order valence-corrected chi connectivity index (χ4v) is 5.89. The van der Waals surface area contributed by atoms with Crippen LogP contribution in [0.25, 0.3) is 0 Å². The third kappa shape index (κ3) is 5.25. The van der Waals surface area contributed by atoms with E-state index in [1.807, 2.05) is 19.1 Å². The van der Waals surface area contributed by atoms with Gasteiger partial charge in [0, 0.05) is 33.7 Å². The highest BCUT2D eigenvalue weighted by Gasteiger charge is 2.50. The topological polar surface area (TPSA) is 108 Å². The second-order valence-electron chi connectivity index (χ2n) is 9.55. The molecule has 3 N–H and O–H groups in total. The van der Waals surface area contributed by atoms with Gasteiger partial charge in [0.1, 0.15) is 5.78 Å². The van der Waals surface area contributed by atoms with E-state index in [4.69, 9.17) is 11.6 Å². The number of Topliss-reactive ketones (excluding diaryl/α,β-unsaturated/α-hetero) is 1. The molecule has 2 amide bonds. The van der Waals surface area contributed by atoms with Gasteiger partial charge in [0.25, 0.3) is 0 Å². The van der Waals surface area contributed by atoms with Crippen molar-refractivity contribution < 1.29 is 19.5 Å². The summed E-state index contributed by atoms with van der Waals surface area (Å²) in [6, 6.07) is 10.3. The van der Waals surface area contributed by atoms with Gasteiger partial charge in [-0.15, -0.1) is 0 Å². The monoisotopic (exact) mass is 483 g/mol. The number of pyridine rings is 1. The Hall–Kier alpha value is -2.93. The number of hydrogen-bond donors (Lipinski definition) is 3. The van der Waals surface area contributed by atoms with Crippen LogP contribution in [-0.2, 0) is 9.59 Å². The van der Waals surface area contributed by atoms with E-state index in [-0.39, 0.29) is 36.0 Å². The number of ketones is 1. The van der Waals surface area contributed by atoms with E-state index in [0.29, 0.717) is 29.2 Å². The maximum absolute atomic E-state index is 13.3. The van der Waals surface area contributed by atoms with E-state index in [2.05, 4.69) is 15.6 Å². The molecule has 1 aromatic carbocycles. The van der Waals surface area contributed by atoms with E-state index in [0.717, 1.165) is 31.4 Å². The summed E-state index contributed by atoms with van der Waals surface area (Å²) in [6.07, 6.45) is 6.24. The van der Waals surface area contributed by atoms with Crippen molar-refractivity contribution in [3.8, 4) is 0 Å². The van der Waals surface area contributed by atoms with E-state index in [9.17, 15) is 19.5 Å². The molecule has 0 radical (unpaired) electrons. The number of hydrogen-bond acceptors (Lipinski definition) is 4. The molecule has 1 heterocycles. The van der Waals surface area contributed by atoms with E-state index < -0.39 is 11.4 Å². The normalized spacial score (nSPS) is 26.4. The number of rotatable bonds is 6. The lowest BCUT2D eigenvalue weighted by atomic mass is 9.57. The van der Waals surface area contributed by atoms with Crippen LogP contribution in [-0.4, -0.2) is 27.9 Å². The first-order valence-corrected chi connectivity index (χ1v) is 12.2. The Labute approximate surface area is 204 Å². The van der Waals surface area contributed by atoms with Gasteiger partial charge in [0.2, 0.25) is 0 Å². The third-order valence-corrected chi connectivity index (χ3v) is 7.78. The van der Waals surface area contributed by atoms with Crippen LogP contribution >= 0.6 is 11.6 Å². The average Bonchev–Trinajstić information content (AvgIpc) is 2.81. The van der Waals surface area contributed by atoms with Gasteiger partial charge >= 0.3 is 12.0 Å². The van der Waals surface area contributed by atoms with Gasteiger partial charge in [-0.2, -0.15) is 0 Å². The number of aromatic nitrogens is 1. The zero-order chi connectivity index (χ0) is 24.3. The highest BCUT2D eigenvalue weighted by atomic mass is 35.5. The van der Waals surface area contributed by atoms with Crippen LogP contribution in [0, 0.1) is 17.3 Å². The van der Waals surface area contributed by atoms with Crippen molar-refractivity contribution >= 4 is 40.8 Å². The van der Waals surface area contributed by atoms with Gasteiger partial charge in [0.15, 0.2) is 0 Å². The van der Waals surface area contributed by atoms with Crippen molar-refractivity contribution in [3.05, 3.63) is 53.3 Å². The number of amides is 2. The maximum Gasteiger partial charge on any atom is 0.323 e. The minimum atomic E-state index is -0.888. The molecular weight excluding hydrogens is 454 g/mol. The highest BCUT2D eigenvalue weighted by Crippen LogP contribution is 2.51. The standard InChI is InChI=1S/C26H30ClN3O4/c1-2-26(14-23(31)32)11-10-16-12-17(6-8-21(16)24(26)33)22-9-7-20(15-28-22)30-25(34)29-19-5-3-4-18(27)13-19/h3-5,7,9,13,15-17,21H,2,6,8,10-12,14H2,1H3,(H,31,32)(H2,29,30,34)/t16?,17?,21?,26-/m0/s1. The number of aliphatic carboxylic acids is 1. The molecule has 0 aliphatic heterocycles. The molecule has 0 bridgehead atoms. The second kappa shape index (κ2) is 10.1. The Morgan fingerprint density at radius 2 is 1.94 bits per heavy atom. The van der Waals surface area contributed by atoms with Crippen LogP contribution in [0.5, 0.6) is 0 Å². The molecule has 2 fully saturated rings. The fraction of sp³-hybridized carbons (Fsp3) is 0.462. The second-order valence-corrected chi connectivity index (χ2v) is 9.98. The molecule has 8 heteroatoms. The van der Waals surface area contributed by atoms with Gasteiger partial charge in [-0.1, -0.05) is 24.6 Å². The molecule has 3 unspecified atom stereocenters. The quantitative estimate of drug-likeness (QED) is 0.459. The summed E-state index contributed by atoms with van der Waals surface area (Å²) in [7, 11) is 0. The summed E-state index contributed by atoms with van der Waals surface area (Å²) in [6.45, 7) is 1.93. The molecule has 2 aliphatic rings. The molecule has 0 spiro atoms. The number of nitrogens with one attached hydrogen (secondary N) is 2. The molecule has 0 saturated heterocycles. The predicted molar refractivity (Wildman–Crippen MR) is 131 cm³/mol. The van der Waals surface area contributed by atoms with Crippen LogP contribution in [0.3, 0.4) is 0 Å². The summed E-state index contributed by atoms with van der Waals surface area (Å²) in [5, 5.41) is 15.4. The number of carbonyl (C=O) groups is 3. The predicted octanol–water partition coefficient (Wildman–Crippen LogP) is 6.11. The number of urea groups is 1. The lowest BCUT2D eigenvalue weighted by molar-refractivity contribution is -0.151. The zero-order valence-corrected chi connectivity index (χ0v) is 20.0. The Morgan fingerprint density at radius 3 is 2.62 bits per heavy atom. The van der Waals surface area contributed by atoms with E-state index in [1.54, 1.807) is 30.5 Å². The van der Waals surface area contributed by atoms with Gasteiger partial charge in [0.05, 0.1) is 18.3 Å². The molecule has 2 saturated carbocycles. The van der Waals surface area contributed by atoms with E-state index in [1.165, 1.54) is 0 Å². The summed E-state index contributed by atoms with van der Waals surface area (Å²) in [5.41, 5.74) is 1.46. The molecule has 2 aromatic rings. The lowest BCUT2D eigenvalue weighted by Gasteiger charge is -2.46. The Balaban J connectivity index is 1.35. The summed E-state index contributed by atoms with van der Waals surface area (Å²) in [5.74, 6) is -0.230. The third-order valence-electron chi connectivity index (χ3n) is 7.55. The number of fused-ring (bicyclic) bond motifs is 1.